The molecule has 1 atom stereocenters. The summed E-state index contributed by atoms with van der Waals surface area (Å²) >= 11 is 5.91. The van der Waals surface area contributed by atoms with Crippen LogP contribution in [0.25, 0.3) is 0 Å². The monoisotopic (exact) mass is 287 g/mol. The van der Waals surface area contributed by atoms with Gasteiger partial charge in [0.1, 0.15) is 0 Å². The first-order valence-electron chi connectivity index (χ1n) is 6.58. The van der Waals surface area contributed by atoms with Crippen LogP contribution in [-0.4, -0.2) is 12.8 Å². The molecule has 0 spiro atoms. The predicted octanol–water partition coefficient (Wildman–Crippen LogP) is 4.74. The van der Waals surface area contributed by atoms with Crippen LogP contribution in [0.5, 0.6) is 0 Å². The maximum Gasteiger partial charge on any atom is 0.159 e. The lowest BCUT2D eigenvalue weighted by Crippen LogP contribution is -2.21. The van der Waals surface area contributed by atoms with Crippen LogP contribution in [0.4, 0.5) is 5.69 Å². The van der Waals surface area contributed by atoms with E-state index in [4.69, 9.17) is 11.6 Å². The standard InChI is InChI=1S/C17H18ClNO/c1-12(14-4-8-16(18)9-5-14)19(3)17-10-6-15(7-11-17)13(2)20/h4-12H,1-3H3. The van der Waals surface area contributed by atoms with Crippen molar-refractivity contribution in [2.24, 2.45) is 0 Å². The number of rotatable bonds is 4. The van der Waals surface area contributed by atoms with Gasteiger partial charge in [-0.3, -0.25) is 4.79 Å². The first kappa shape index (κ1) is 14.6. The number of anilines is 1. The molecule has 2 nitrogen and oxygen atoms in total. The molecule has 2 aromatic rings. The van der Waals surface area contributed by atoms with Crippen LogP contribution in [0.15, 0.2) is 48.5 Å². The summed E-state index contributed by atoms with van der Waals surface area (Å²) < 4.78 is 0. The van der Waals surface area contributed by atoms with Gasteiger partial charge >= 0.3 is 0 Å². The van der Waals surface area contributed by atoms with E-state index in [1.54, 1.807) is 6.92 Å². The molecule has 0 amide bonds. The van der Waals surface area contributed by atoms with E-state index in [1.165, 1.54) is 5.56 Å². The third kappa shape index (κ3) is 3.20. The number of ketones is 1. The smallest absolute Gasteiger partial charge is 0.159 e. The van der Waals surface area contributed by atoms with Crippen LogP contribution in [0.2, 0.25) is 5.02 Å². The van der Waals surface area contributed by atoms with Crippen LogP contribution in [0, 0.1) is 0 Å². The van der Waals surface area contributed by atoms with Crippen molar-refractivity contribution in [3.8, 4) is 0 Å². The molecule has 0 fully saturated rings. The number of hydrogen-bond donors (Lipinski definition) is 0. The molecule has 2 rings (SSSR count). The van der Waals surface area contributed by atoms with Crippen molar-refractivity contribution in [1.29, 1.82) is 0 Å². The van der Waals surface area contributed by atoms with Gasteiger partial charge in [-0.2, -0.15) is 0 Å². The van der Waals surface area contributed by atoms with Crippen LogP contribution in [-0.2, 0) is 0 Å². The third-order valence-electron chi connectivity index (χ3n) is 3.61. The highest BCUT2D eigenvalue weighted by atomic mass is 35.5. The summed E-state index contributed by atoms with van der Waals surface area (Å²) in [5, 5.41) is 0.745. The van der Waals surface area contributed by atoms with Crippen LogP contribution >= 0.6 is 11.6 Å². The molecular formula is C17H18ClNO. The van der Waals surface area contributed by atoms with Crippen molar-refractivity contribution >= 4 is 23.1 Å². The maximum atomic E-state index is 11.3. The second-order valence-electron chi connectivity index (χ2n) is 4.94. The third-order valence-corrected chi connectivity index (χ3v) is 3.87. The zero-order chi connectivity index (χ0) is 14.7. The van der Waals surface area contributed by atoms with Crippen molar-refractivity contribution < 1.29 is 4.79 Å². The molecule has 3 heteroatoms. The zero-order valence-electron chi connectivity index (χ0n) is 11.9. The van der Waals surface area contributed by atoms with Gasteiger partial charge in [-0.05, 0) is 55.8 Å². The van der Waals surface area contributed by atoms with Crippen LogP contribution in [0.3, 0.4) is 0 Å². The molecule has 0 aliphatic rings. The Labute approximate surface area is 125 Å². The van der Waals surface area contributed by atoms with Gasteiger partial charge in [-0.25, -0.2) is 0 Å². The first-order chi connectivity index (χ1) is 9.49. The Hall–Kier alpha value is -1.80. The predicted molar refractivity (Wildman–Crippen MR) is 84.7 cm³/mol. The fourth-order valence-electron chi connectivity index (χ4n) is 2.12. The molecule has 0 saturated carbocycles. The maximum absolute atomic E-state index is 11.3. The van der Waals surface area contributed by atoms with Crippen molar-refractivity contribution in [3.05, 3.63) is 64.7 Å². The van der Waals surface area contributed by atoms with Gasteiger partial charge < -0.3 is 4.90 Å². The normalized spacial score (nSPS) is 12.0. The number of carbonyl (C=O) groups is 1. The van der Waals surface area contributed by atoms with E-state index < -0.39 is 0 Å². The Morgan fingerprint density at radius 1 is 1.05 bits per heavy atom. The second kappa shape index (κ2) is 6.10. The highest BCUT2D eigenvalue weighted by Gasteiger charge is 2.12. The summed E-state index contributed by atoms with van der Waals surface area (Å²) in [6.07, 6.45) is 0. The molecule has 0 aliphatic carbocycles. The van der Waals surface area contributed by atoms with Crippen molar-refractivity contribution in [2.75, 3.05) is 11.9 Å². The minimum Gasteiger partial charge on any atom is -0.368 e. The van der Waals surface area contributed by atoms with E-state index in [2.05, 4.69) is 11.8 Å². The lowest BCUT2D eigenvalue weighted by molar-refractivity contribution is 0.101. The van der Waals surface area contributed by atoms with Crippen LogP contribution in [0.1, 0.15) is 35.8 Å². The van der Waals surface area contributed by atoms with Crippen molar-refractivity contribution in [3.63, 3.8) is 0 Å². The molecular weight excluding hydrogens is 270 g/mol. The Bertz CT molecular complexity index is 589. The summed E-state index contributed by atoms with van der Waals surface area (Å²) in [5.74, 6) is 0.0879. The number of nitrogens with zero attached hydrogens (tertiary/aromatic N) is 1. The van der Waals surface area contributed by atoms with Gasteiger partial charge in [-0.1, -0.05) is 23.7 Å². The van der Waals surface area contributed by atoms with Gasteiger partial charge in [-0.15, -0.1) is 0 Å². The molecule has 0 N–H and O–H groups in total. The SMILES string of the molecule is CC(=O)c1ccc(N(C)C(C)c2ccc(Cl)cc2)cc1. The van der Waals surface area contributed by atoms with Crippen molar-refractivity contribution in [1.82, 2.24) is 0 Å². The van der Waals surface area contributed by atoms with E-state index in [1.807, 2.05) is 55.6 Å². The topological polar surface area (TPSA) is 20.3 Å². The molecule has 20 heavy (non-hydrogen) atoms. The van der Waals surface area contributed by atoms with E-state index in [0.29, 0.717) is 0 Å². The van der Waals surface area contributed by atoms with Gasteiger partial charge in [0.2, 0.25) is 0 Å². The molecule has 0 saturated heterocycles. The van der Waals surface area contributed by atoms with Gasteiger partial charge in [0, 0.05) is 23.3 Å². The Balaban J connectivity index is 2.19. The molecule has 1 unspecified atom stereocenters. The van der Waals surface area contributed by atoms with E-state index in [9.17, 15) is 4.79 Å². The Kier molecular flexibility index (Phi) is 4.46. The highest BCUT2D eigenvalue weighted by Crippen LogP contribution is 2.26. The number of halogens is 1. The molecule has 0 aliphatic heterocycles. The zero-order valence-corrected chi connectivity index (χ0v) is 12.7. The molecule has 0 bridgehead atoms. The van der Waals surface area contributed by atoms with E-state index in [0.717, 1.165) is 16.3 Å². The number of carbonyl (C=O) groups excluding carboxylic acids is 1. The molecule has 0 radical (unpaired) electrons. The quantitative estimate of drug-likeness (QED) is 0.757. The average molecular weight is 288 g/mol. The van der Waals surface area contributed by atoms with Gasteiger partial charge in [0.25, 0.3) is 0 Å². The highest BCUT2D eigenvalue weighted by molar-refractivity contribution is 6.30. The lowest BCUT2D eigenvalue weighted by atomic mass is 10.1. The fraction of sp³-hybridized carbons (Fsp3) is 0.235. The van der Waals surface area contributed by atoms with Gasteiger partial charge in [0.05, 0.1) is 6.04 Å². The lowest BCUT2D eigenvalue weighted by Gasteiger charge is -2.27. The van der Waals surface area contributed by atoms with Crippen molar-refractivity contribution in [2.45, 2.75) is 19.9 Å². The Morgan fingerprint density at radius 3 is 2.10 bits per heavy atom. The fourth-order valence-corrected chi connectivity index (χ4v) is 2.25. The summed E-state index contributed by atoms with van der Waals surface area (Å²) in [6.45, 7) is 3.72. The minimum atomic E-state index is 0.0879. The van der Waals surface area contributed by atoms with E-state index in [-0.39, 0.29) is 11.8 Å². The number of benzene rings is 2. The molecule has 0 heterocycles. The summed E-state index contributed by atoms with van der Waals surface area (Å²) in [7, 11) is 2.04. The molecule has 104 valence electrons. The first-order valence-corrected chi connectivity index (χ1v) is 6.96. The number of hydrogen-bond acceptors (Lipinski definition) is 2. The summed E-state index contributed by atoms with van der Waals surface area (Å²) in [6, 6.07) is 15.8. The van der Waals surface area contributed by atoms with E-state index >= 15 is 0 Å². The average Bonchev–Trinajstić information content (AvgIpc) is 2.46. The largest absolute Gasteiger partial charge is 0.368 e. The molecule has 2 aromatic carbocycles. The second-order valence-corrected chi connectivity index (χ2v) is 5.38. The van der Waals surface area contributed by atoms with Crippen LogP contribution < -0.4 is 4.90 Å². The number of Topliss-reactive ketones (excluding diaryl/α,β-unsaturated/α-hetero) is 1. The Morgan fingerprint density at radius 2 is 1.60 bits per heavy atom. The van der Waals surface area contributed by atoms with Gasteiger partial charge in [0.15, 0.2) is 5.78 Å². The summed E-state index contributed by atoms with van der Waals surface area (Å²) in [4.78, 5) is 13.5. The molecule has 0 aromatic heterocycles. The summed E-state index contributed by atoms with van der Waals surface area (Å²) in [5.41, 5.74) is 3.02. The minimum absolute atomic E-state index is 0.0879.